The molecule has 9 nitrogen and oxygen atoms in total. The number of carbonyl (C=O) groups excluding carboxylic acids is 1. The Balaban J connectivity index is 1.56. The van der Waals surface area contributed by atoms with Crippen molar-refractivity contribution in [3.8, 4) is 0 Å². The molecule has 1 aliphatic heterocycles. The highest BCUT2D eigenvalue weighted by Gasteiger charge is 2.26. The second kappa shape index (κ2) is 10.2. The van der Waals surface area contributed by atoms with Crippen LogP contribution in [0, 0.1) is 6.92 Å². The predicted molar refractivity (Wildman–Crippen MR) is 132 cm³/mol. The van der Waals surface area contributed by atoms with Crippen molar-refractivity contribution in [1.82, 2.24) is 25.1 Å². The van der Waals surface area contributed by atoms with Crippen LogP contribution in [0.3, 0.4) is 0 Å². The molecule has 1 aromatic carbocycles. The molecule has 1 saturated heterocycles. The summed E-state index contributed by atoms with van der Waals surface area (Å²) in [5.41, 5.74) is 1.76. The highest BCUT2D eigenvalue weighted by molar-refractivity contribution is 7.99. The number of hydrogen-bond acceptors (Lipinski definition) is 8. The van der Waals surface area contributed by atoms with Gasteiger partial charge in [0.15, 0.2) is 11.0 Å². The van der Waals surface area contributed by atoms with Crippen LogP contribution in [0.15, 0.2) is 46.5 Å². The fraction of sp³-hybridized carbons (Fsp3) is 0.391. The first-order valence-corrected chi connectivity index (χ1v) is 11.9. The van der Waals surface area contributed by atoms with Gasteiger partial charge in [-0.25, -0.2) is 9.97 Å². The van der Waals surface area contributed by atoms with Gasteiger partial charge in [-0.15, -0.1) is 0 Å². The Bertz CT molecular complexity index is 1100. The monoisotopic (exact) mass is 466 g/mol. The number of aromatic amines is 1. The Morgan fingerprint density at radius 2 is 2.00 bits per heavy atom. The van der Waals surface area contributed by atoms with Crippen LogP contribution < -0.4 is 15.5 Å². The summed E-state index contributed by atoms with van der Waals surface area (Å²) in [6.07, 6.45) is 1.55. The molecule has 3 aromatic rings. The van der Waals surface area contributed by atoms with Gasteiger partial charge in [0, 0.05) is 54.0 Å². The first-order valence-electron chi connectivity index (χ1n) is 11.1. The normalized spacial score (nSPS) is 15.8. The molecule has 1 amide bonds. The molecule has 10 heteroatoms. The van der Waals surface area contributed by atoms with E-state index in [0.29, 0.717) is 23.4 Å². The van der Waals surface area contributed by atoms with Crippen LogP contribution in [0.25, 0.3) is 0 Å². The van der Waals surface area contributed by atoms with Crippen LogP contribution in [-0.2, 0) is 4.79 Å². The van der Waals surface area contributed by atoms with E-state index in [1.54, 1.807) is 0 Å². The summed E-state index contributed by atoms with van der Waals surface area (Å²) in [5, 5.41) is 14.0. The maximum absolute atomic E-state index is 11.6. The van der Waals surface area contributed by atoms with Gasteiger partial charge in [-0.2, -0.15) is 5.10 Å². The van der Waals surface area contributed by atoms with E-state index in [1.165, 1.54) is 11.8 Å². The Morgan fingerprint density at radius 1 is 1.21 bits per heavy atom. The van der Waals surface area contributed by atoms with Gasteiger partial charge in [0.1, 0.15) is 11.6 Å². The summed E-state index contributed by atoms with van der Waals surface area (Å²) in [6.45, 7) is 5.68. The lowest BCUT2D eigenvalue weighted by molar-refractivity contribution is -0.115. The molecule has 0 saturated carbocycles. The van der Waals surface area contributed by atoms with Crippen molar-refractivity contribution in [1.29, 1.82) is 0 Å². The molecule has 2 aromatic heterocycles. The van der Waals surface area contributed by atoms with E-state index in [1.807, 2.05) is 50.2 Å². The van der Waals surface area contributed by atoms with Crippen LogP contribution in [0.5, 0.6) is 0 Å². The Morgan fingerprint density at radius 3 is 2.64 bits per heavy atom. The number of nitrogens with one attached hydrogen (secondary N) is 3. The Labute approximate surface area is 198 Å². The summed E-state index contributed by atoms with van der Waals surface area (Å²) in [5.74, 6) is 2.32. The quantitative estimate of drug-likeness (QED) is 0.430. The molecule has 0 unspecified atom stereocenters. The maximum Gasteiger partial charge on any atom is 0.224 e. The predicted octanol–water partition coefficient (Wildman–Crippen LogP) is 3.89. The molecule has 3 heterocycles. The number of carbonyl (C=O) groups is 1. The first kappa shape index (κ1) is 23.1. The zero-order chi connectivity index (χ0) is 23.4. The lowest BCUT2D eigenvalue weighted by atomic mass is 10.2. The number of aryl methyl sites for hydroxylation is 1. The minimum Gasteiger partial charge on any atom is -0.355 e. The van der Waals surface area contributed by atoms with Crippen molar-refractivity contribution in [2.45, 2.75) is 42.8 Å². The van der Waals surface area contributed by atoms with Gasteiger partial charge >= 0.3 is 0 Å². The van der Waals surface area contributed by atoms with Gasteiger partial charge in [-0.1, -0.05) is 6.92 Å². The number of hydrogen-bond donors (Lipinski definition) is 3. The van der Waals surface area contributed by atoms with Gasteiger partial charge in [0.25, 0.3) is 0 Å². The minimum atomic E-state index is -0.00241. The van der Waals surface area contributed by atoms with Gasteiger partial charge in [0.05, 0.1) is 0 Å². The van der Waals surface area contributed by atoms with Gasteiger partial charge in [0.2, 0.25) is 5.91 Å². The topological polar surface area (TPSA) is 102 Å². The fourth-order valence-electron chi connectivity index (χ4n) is 3.63. The number of benzene rings is 1. The molecule has 0 aliphatic carbocycles. The molecule has 33 heavy (non-hydrogen) atoms. The second-order valence-electron chi connectivity index (χ2n) is 8.34. The van der Waals surface area contributed by atoms with Crippen LogP contribution in [0.1, 0.15) is 25.5 Å². The third-order valence-corrected chi connectivity index (χ3v) is 6.41. The number of rotatable bonds is 8. The number of likely N-dealkylation sites (N-methyl/N-ethyl adjacent to an activating group) is 1. The second-order valence-corrected chi connectivity index (χ2v) is 9.38. The van der Waals surface area contributed by atoms with Crippen molar-refractivity contribution in [3.63, 3.8) is 0 Å². The van der Waals surface area contributed by atoms with Crippen LogP contribution >= 0.6 is 11.8 Å². The van der Waals surface area contributed by atoms with E-state index in [4.69, 9.17) is 9.97 Å². The minimum absolute atomic E-state index is 0.00241. The van der Waals surface area contributed by atoms with Gasteiger partial charge < -0.3 is 20.4 Å². The van der Waals surface area contributed by atoms with Crippen molar-refractivity contribution in [3.05, 3.63) is 42.1 Å². The van der Waals surface area contributed by atoms with Gasteiger partial charge in [-0.05, 0) is 63.5 Å². The fourth-order valence-corrected chi connectivity index (χ4v) is 4.40. The molecule has 4 rings (SSSR count). The molecule has 0 radical (unpaired) electrons. The number of H-pyrrole nitrogens is 1. The molecule has 0 spiro atoms. The lowest BCUT2D eigenvalue weighted by Gasteiger charge is -2.21. The van der Waals surface area contributed by atoms with E-state index in [2.05, 4.69) is 44.7 Å². The van der Waals surface area contributed by atoms with E-state index in [-0.39, 0.29) is 5.91 Å². The number of aromatic nitrogens is 4. The molecule has 1 aliphatic rings. The summed E-state index contributed by atoms with van der Waals surface area (Å²) >= 11 is 1.49. The number of amides is 1. The van der Waals surface area contributed by atoms with E-state index in [9.17, 15) is 4.79 Å². The number of anilines is 4. The highest BCUT2D eigenvalue weighted by atomic mass is 32.2. The third-order valence-electron chi connectivity index (χ3n) is 5.54. The highest BCUT2D eigenvalue weighted by Crippen LogP contribution is 2.31. The largest absolute Gasteiger partial charge is 0.355 e. The molecule has 3 N–H and O–H groups in total. The molecule has 0 bridgehead atoms. The van der Waals surface area contributed by atoms with Crippen molar-refractivity contribution in [2.75, 3.05) is 42.7 Å². The average Bonchev–Trinajstić information content (AvgIpc) is 3.44. The first-order chi connectivity index (χ1) is 15.9. The van der Waals surface area contributed by atoms with Crippen LogP contribution in [0.2, 0.25) is 0 Å². The molecular formula is C23H30N8OS. The molecule has 1 atom stereocenters. The zero-order valence-corrected chi connectivity index (χ0v) is 20.2. The third kappa shape index (κ3) is 6.02. The van der Waals surface area contributed by atoms with E-state index >= 15 is 0 Å². The number of nitrogens with zero attached hydrogens (tertiary/aromatic N) is 5. The summed E-state index contributed by atoms with van der Waals surface area (Å²) in [6, 6.07) is 12.2. The van der Waals surface area contributed by atoms with Crippen molar-refractivity contribution >= 4 is 40.8 Å². The van der Waals surface area contributed by atoms with E-state index < -0.39 is 0 Å². The van der Waals surface area contributed by atoms with Gasteiger partial charge in [-0.3, -0.25) is 9.89 Å². The van der Waals surface area contributed by atoms with Crippen molar-refractivity contribution in [2.24, 2.45) is 0 Å². The van der Waals surface area contributed by atoms with E-state index in [0.717, 1.165) is 47.4 Å². The average molecular weight is 467 g/mol. The zero-order valence-electron chi connectivity index (χ0n) is 19.4. The molecular weight excluding hydrogens is 436 g/mol. The lowest BCUT2D eigenvalue weighted by Crippen LogP contribution is -2.31. The van der Waals surface area contributed by atoms with Crippen molar-refractivity contribution < 1.29 is 4.79 Å². The standard InChI is InChI=1S/C23H30N8OS/c1-5-22(32)24-16-6-8-18(9-7-16)33-23-26-19(25-20-12-15(2)28-29-20)13-21(27-23)31-11-10-17(14-31)30(3)4/h6-9,12-13,17H,5,10-11,14H2,1-4H3,(H,24,32)(H2,25,26,27,28,29)/t17-/m1/s1. The summed E-state index contributed by atoms with van der Waals surface area (Å²) in [7, 11) is 4.24. The van der Waals surface area contributed by atoms with Crippen LogP contribution in [-0.4, -0.2) is 64.2 Å². The summed E-state index contributed by atoms with van der Waals surface area (Å²) < 4.78 is 0. The Hall–Kier alpha value is -3.11. The Kier molecular flexibility index (Phi) is 7.14. The smallest absolute Gasteiger partial charge is 0.224 e. The maximum atomic E-state index is 11.6. The molecule has 174 valence electrons. The summed E-state index contributed by atoms with van der Waals surface area (Å²) in [4.78, 5) is 26.8. The SMILES string of the molecule is CCC(=O)Nc1ccc(Sc2nc(Nc3cc(C)[nH]n3)cc(N3CC[C@@H](N(C)C)C3)n2)cc1. The van der Waals surface area contributed by atoms with Crippen LogP contribution in [0.4, 0.5) is 23.1 Å². The molecule has 1 fully saturated rings.